The number of carbonyl (C=O) groups excluding carboxylic acids is 1. The zero-order valence-corrected chi connectivity index (χ0v) is 8.75. The second-order valence-electron chi connectivity index (χ2n) is 4.37. The largest absolute Gasteiger partial charge is 0.465 e. The van der Waals surface area contributed by atoms with Gasteiger partial charge in [0.2, 0.25) is 0 Å². The van der Waals surface area contributed by atoms with Crippen LogP contribution in [0, 0.1) is 0 Å². The molecule has 0 radical (unpaired) electrons. The Labute approximate surface area is 84.3 Å². The molecule has 2 heteroatoms. The maximum Gasteiger partial charge on any atom is 0.153 e. The lowest BCUT2D eigenvalue weighted by Gasteiger charge is -2.23. The van der Waals surface area contributed by atoms with E-state index in [2.05, 4.69) is 13.8 Å². The van der Waals surface area contributed by atoms with Crippen LogP contribution in [0.2, 0.25) is 0 Å². The molecular weight excluding hydrogens is 176 g/mol. The van der Waals surface area contributed by atoms with Gasteiger partial charge in [-0.05, 0) is 18.9 Å². The molecule has 0 bridgehead atoms. The molecule has 1 heterocycles. The monoisotopic (exact) mass is 192 g/mol. The maximum absolute atomic E-state index is 10.8. The molecule has 2 nitrogen and oxygen atoms in total. The van der Waals surface area contributed by atoms with Crippen molar-refractivity contribution in [3.05, 3.63) is 23.2 Å². The van der Waals surface area contributed by atoms with E-state index in [1.165, 1.54) is 19.3 Å². The maximum atomic E-state index is 10.8. The van der Waals surface area contributed by atoms with Crippen molar-refractivity contribution < 1.29 is 9.21 Å². The van der Waals surface area contributed by atoms with Crippen LogP contribution in [0.1, 0.15) is 66.8 Å². The van der Waals surface area contributed by atoms with Crippen LogP contribution in [0.4, 0.5) is 0 Å². The van der Waals surface area contributed by atoms with E-state index in [4.69, 9.17) is 4.42 Å². The van der Waals surface area contributed by atoms with Gasteiger partial charge in [-0.25, -0.2) is 0 Å². The van der Waals surface area contributed by atoms with Crippen molar-refractivity contribution in [2.45, 2.75) is 44.9 Å². The average Bonchev–Trinajstić information content (AvgIpc) is 2.45. The third kappa shape index (κ3) is 1.49. The van der Waals surface area contributed by atoms with Crippen LogP contribution < -0.4 is 0 Å². The number of hydrogen-bond acceptors (Lipinski definition) is 2. The minimum absolute atomic E-state index is 0.363. The molecule has 0 amide bonds. The third-order valence-electron chi connectivity index (χ3n) is 2.98. The molecule has 1 fully saturated rings. The highest BCUT2D eigenvalue weighted by atomic mass is 16.3. The van der Waals surface area contributed by atoms with Gasteiger partial charge in [-0.3, -0.25) is 4.79 Å². The van der Waals surface area contributed by atoms with E-state index >= 15 is 0 Å². The van der Waals surface area contributed by atoms with Gasteiger partial charge in [0, 0.05) is 11.8 Å². The molecule has 1 aromatic rings. The van der Waals surface area contributed by atoms with Crippen LogP contribution in [-0.2, 0) is 0 Å². The summed E-state index contributed by atoms with van der Waals surface area (Å²) in [6.45, 7) is 4.16. The summed E-state index contributed by atoms with van der Waals surface area (Å²) in [5.74, 6) is 2.73. The first kappa shape index (κ1) is 9.50. The SMILES string of the molecule is CC(C)c1cc(C=O)c(C2CCC2)o1. The van der Waals surface area contributed by atoms with Gasteiger partial charge in [-0.1, -0.05) is 20.3 Å². The van der Waals surface area contributed by atoms with Crippen LogP contribution in [0.3, 0.4) is 0 Å². The number of aldehydes is 1. The molecule has 0 N–H and O–H groups in total. The van der Waals surface area contributed by atoms with Gasteiger partial charge in [0.15, 0.2) is 6.29 Å². The van der Waals surface area contributed by atoms with Crippen molar-refractivity contribution in [1.82, 2.24) is 0 Å². The van der Waals surface area contributed by atoms with Crippen LogP contribution in [0.5, 0.6) is 0 Å². The molecule has 1 aliphatic carbocycles. The van der Waals surface area contributed by atoms with Crippen molar-refractivity contribution in [3.8, 4) is 0 Å². The molecule has 76 valence electrons. The zero-order valence-electron chi connectivity index (χ0n) is 8.75. The van der Waals surface area contributed by atoms with E-state index in [1.54, 1.807) is 0 Å². The second-order valence-corrected chi connectivity index (χ2v) is 4.37. The molecule has 2 rings (SSSR count). The van der Waals surface area contributed by atoms with Gasteiger partial charge in [0.05, 0.1) is 5.56 Å². The number of carbonyl (C=O) groups is 1. The Balaban J connectivity index is 2.31. The minimum atomic E-state index is 0.363. The lowest BCUT2D eigenvalue weighted by molar-refractivity contribution is 0.112. The molecule has 1 saturated carbocycles. The van der Waals surface area contributed by atoms with E-state index in [9.17, 15) is 4.79 Å². The summed E-state index contributed by atoms with van der Waals surface area (Å²) in [7, 11) is 0. The van der Waals surface area contributed by atoms with E-state index in [0.29, 0.717) is 11.8 Å². The van der Waals surface area contributed by atoms with Crippen molar-refractivity contribution in [3.63, 3.8) is 0 Å². The number of furan rings is 1. The first-order valence-electron chi connectivity index (χ1n) is 5.31. The number of hydrogen-bond donors (Lipinski definition) is 0. The molecule has 1 aliphatic rings. The minimum Gasteiger partial charge on any atom is -0.465 e. The molecule has 0 spiro atoms. The summed E-state index contributed by atoms with van der Waals surface area (Å²) >= 11 is 0. The van der Waals surface area contributed by atoms with E-state index in [-0.39, 0.29) is 0 Å². The zero-order chi connectivity index (χ0) is 10.1. The third-order valence-corrected chi connectivity index (χ3v) is 2.98. The smallest absolute Gasteiger partial charge is 0.153 e. The highest BCUT2D eigenvalue weighted by Gasteiger charge is 2.26. The Morgan fingerprint density at radius 3 is 2.64 bits per heavy atom. The molecule has 0 saturated heterocycles. The summed E-state index contributed by atoms with van der Waals surface area (Å²) in [5, 5.41) is 0. The van der Waals surface area contributed by atoms with Crippen molar-refractivity contribution >= 4 is 6.29 Å². The summed E-state index contributed by atoms with van der Waals surface area (Å²) in [6.07, 6.45) is 4.53. The average molecular weight is 192 g/mol. The molecule has 0 atom stereocenters. The predicted molar refractivity (Wildman–Crippen MR) is 54.8 cm³/mol. The summed E-state index contributed by atoms with van der Waals surface area (Å²) in [6, 6.07) is 1.89. The lowest BCUT2D eigenvalue weighted by Crippen LogP contribution is -2.09. The van der Waals surface area contributed by atoms with Crippen molar-refractivity contribution in [2.24, 2.45) is 0 Å². The predicted octanol–water partition coefficient (Wildman–Crippen LogP) is 3.48. The molecule has 0 unspecified atom stereocenters. The second kappa shape index (κ2) is 3.60. The van der Waals surface area contributed by atoms with Gasteiger partial charge >= 0.3 is 0 Å². The van der Waals surface area contributed by atoms with Crippen LogP contribution in [0.25, 0.3) is 0 Å². The summed E-state index contributed by atoms with van der Waals surface area (Å²) < 4.78 is 5.74. The van der Waals surface area contributed by atoms with Gasteiger partial charge in [-0.2, -0.15) is 0 Å². The van der Waals surface area contributed by atoms with Gasteiger partial charge in [0.25, 0.3) is 0 Å². The standard InChI is InChI=1S/C12H16O2/c1-8(2)11-6-10(7-13)12(14-11)9-4-3-5-9/h6-9H,3-5H2,1-2H3. The van der Waals surface area contributed by atoms with Crippen LogP contribution >= 0.6 is 0 Å². The Kier molecular flexibility index (Phi) is 2.44. The molecule has 1 aromatic heterocycles. The fraction of sp³-hybridized carbons (Fsp3) is 0.583. The van der Waals surface area contributed by atoms with Gasteiger partial charge in [0.1, 0.15) is 11.5 Å². The first-order valence-corrected chi connectivity index (χ1v) is 5.31. The molecule has 0 aliphatic heterocycles. The summed E-state index contributed by atoms with van der Waals surface area (Å²) in [5.41, 5.74) is 0.762. The molecule has 0 aromatic carbocycles. The van der Waals surface area contributed by atoms with E-state index < -0.39 is 0 Å². The van der Waals surface area contributed by atoms with Gasteiger partial charge < -0.3 is 4.42 Å². The van der Waals surface area contributed by atoms with Crippen molar-refractivity contribution in [2.75, 3.05) is 0 Å². The lowest BCUT2D eigenvalue weighted by atomic mass is 9.82. The van der Waals surface area contributed by atoms with Crippen LogP contribution in [0.15, 0.2) is 10.5 Å². The highest BCUT2D eigenvalue weighted by Crippen LogP contribution is 2.39. The highest BCUT2D eigenvalue weighted by molar-refractivity contribution is 5.77. The van der Waals surface area contributed by atoms with Crippen molar-refractivity contribution in [1.29, 1.82) is 0 Å². The Bertz CT molecular complexity index is 332. The fourth-order valence-corrected chi connectivity index (χ4v) is 1.81. The van der Waals surface area contributed by atoms with E-state index in [0.717, 1.165) is 23.4 Å². The summed E-state index contributed by atoms with van der Waals surface area (Å²) in [4.78, 5) is 10.8. The van der Waals surface area contributed by atoms with Gasteiger partial charge in [-0.15, -0.1) is 0 Å². The topological polar surface area (TPSA) is 30.2 Å². The first-order chi connectivity index (χ1) is 6.72. The Morgan fingerprint density at radius 2 is 2.21 bits per heavy atom. The normalized spacial score (nSPS) is 17.1. The Hall–Kier alpha value is -1.05. The quantitative estimate of drug-likeness (QED) is 0.686. The molecule has 14 heavy (non-hydrogen) atoms. The number of rotatable bonds is 3. The fourth-order valence-electron chi connectivity index (χ4n) is 1.81. The van der Waals surface area contributed by atoms with E-state index in [1.807, 2.05) is 6.07 Å². The molecular formula is C12H16O2. The Morgan fingerprint density at radius 1 is 1.50 bits per heavy atom. The van der Waals surface area contributed by atoms with Crippen LogP contribution in [-0.4, -0.2) is 6.29 Å².